The molecule has 1 aliphatic heterocycles. The average molecular weight is 521 g/mol. The van der Waals surface area contributed by atoms with Gasteiger partial charge >= 0.3 is 37.1 Å². The van der Waals surface area contributed by atoms with Crippen LogP contribution in [-0.4, -0.2) is 39.9 Å². The Kier molecular flexibility index (Phi) is 4.84. The number of fused-ring (bicyclic) bond motifs is 2. The van der Waals surface area contributed by atoms with Gasteiger partial charge in [-0.15, -0.1) is 5.57 Å². The van der Waals surface area contributed by atoms with Gasteiger partial charge in [0.05, 0.1) is 0 Å². The molecular formula is C16H17N3O2U. The average Bonchev–Trinajstić information content (AvgIpc) is 3.00. The summed E-state index contributed by atoms with van der Waals surface area (Å²) in [5.41, 5.74) is 2.12. The van der Waals surface area contributed by atoms with Crippen molar-refractivity contribution < 1.29 is 40.7 Å². The minimum absolute atomic E-state index is 0. The molecule has 2 unspecified atom stereocenters. The van der Waals surface area contributed by atoms with Gasteiger partial charge in [0, 0.05) is 25.5 Å². The number of allylic oxidation sites excluding steroid dienone is 2. The Morgan fingerprint density at radius 3 is 3.00 bits per heavy atom. The summed E-state index contributed by atoms with van der Waals surface area (Å²) in [5.74, 6) is 0.262. The van der Waals surface area contributed by atoms with Crippen molar-refractivity contribution in [2.45, 2.75) is 12.8 Å². The molecule has 0 radical (unpaired) electrons. The van der Waals surface area contributed by atoms with E-state index in [2.05, 4.69) is 11.1 Å². The molecule has 3 aliphatic rings. The van der Waals surface area contributed by atoms with Gasteiger partial charge in [-0.05, 0) is 17.8 Å². The van der Waals surface area contributed by atoms with Gasteiger partial charge in [-0.3, -0.25) is 10.6 Å². The fourth-order valence-electron chi connectivity index (χ4n) is 3.26. The molecule has 2 aliphatic carbocycles. The minimum Gasteiger partial charge on any atom is -0.358 e. The van der Waals surface area contributed by atoms with Crippen LogP contribution in [0.4, 0.5) is 4.79 Å². The molecule has 112 valence electrons. The van der Waals surface area contributed by atoms with Gasteiger partial charge in [-0.2, -0.15) is 5.57 Å². The number of hydrogen-bond donors (Lipinski definition) is 0. The van der Waals surface area contributed by atoms with E-state index in [4.69, 9.17) is 0 Å². The second kappa shape index (κ2) is 6.17. The summed E-state index contributed by atoms with van der Waals surface area (Å²) < 4.78 is 1.50. The number of aromatic nitrogens is 2. The molecule has 4 rings (SSSR count). The first-order valence-electron chi connectivity index (χ1n) is 6.80. The zero-order chi connectivity index (χ0) is 13.7. The van der Waals surface area contributed by atoms with Crippen molar-refractivity contribution in [1.29, 1.82) is 0 Å². The number of aldehydes is 1. The maximum atomic E-state index is 12.3. The molecule has 2 atom stereocenters. The van der Waals surface area contributed by atoms with Crippen LogP contribution in [0.2, 0.25) is 0 Å². The van der Waals surface area contributed by atoms with Crippen LogP contribution in [0.5, 0.6) is 0 Å². The quantitative estimate of drug-likeness (QED) is 0.419. The molecule has 0 bridgehead atoms. The second-order valence-electron chi connectivity index (χ2n) is 5.68. The van der Waals surface area contributed by atoms with E-state index in [1.807, 2.05) is 11.0 Å². The number of hydrogen-bond acceptors (Lipinski definition) is 3. The molecular weight excluding hydrogens is 504 g/mol. The summed E-state index contributed by atoms with van der Waals surface area (Å²) in [6.07, 6.45) is 12.7. The predicted molar refractivity (Wildman–Crippen MR) is 77.1 cm³/mol. The van der Waals surface area contributed by atoms with Gasteiger partial charge in [-0.1, -0.05) is 6.42 Å². The number of imidazole rings is 1. The van der Waals surface area contributed by atoms with Gasteiger partial charge in [0.2, 0.25) is 0 Å². The van der Waals surface area contributed by atoms with Crippen molar-refractivity contribution in [3.05, 3.63) is 49.4 Å². The van der Waals surface area contributed by atoms with Crippen molar-refractivity contribution in [2.24, 2.45) is 11.3 Å². The van der Waals surface area contributed by atoms with Crippen molar-refractivity contribution in [3.8, 4) is 0 Å². The largest absolute Gasteiger partial charge is 2.00 e. The Balaban J connectivity index is 0.000000882. The normalized spacial score (nSPS) is 28.0. The fourth-order valence-corrected chi connectivity index (χ4v) is 3.26. The number of carbonyl (C=O) groups excluding carboxylic acids is 2. The Morgan fingerprint density at radius 1 is 1.50 bits per heavy atom. The minimum atomic E-state index is -0.389. The molecule has 0 spiro atoms. The molecule has 1 saturated carbocycles. The maximum absolute atomic E-state index is 12.3. The number of carbonyl (C=O) groups is 2. The van der Waals surface area contributed by atoms with Crippen molar-refractivity contribution >= 4 is 12.3 Å². The smallest absolute Gasteiger partial charge is 0.358 e. The molecule has 1 aromatic rings. The van der Waals surface area contributed by atoms with E-state index in [0.29, 0.717) is 13.1 Å². The van der Waals surface area contributed by atoms with Crippen LogP contribution in [0.3, 0.4) is 0 Å². The summed E-state index contributed by atoms with van der Waals surface area (Å²) in [5, 5.41) is 0. The molecule has 0 N–H and O–H groups in total. The first-order chi connectivity index (χ1) is 9.73. The summed E-state index contributed by atoms with van der Waals surface area (Å²) in [6, 6.07) is -0.0510. The van der Waals surface area contributed by atoms with E-state index in [9.17, 15) is 9.59 Å². The van der Waals surface area contributed by atoms with Gasteiger partial charge < -0.3 is 17.1 Å². The third-order valence-corrected chi connectivity index (χ3v) is 4.57. The van der Waals surface area contributed by atoms with Gasteiger partial charge in [0.25, 0.3) is 0 Å². The van der Waals surface area contributed by atoms with Crippen LogP contribution in [0.1, 0.15) is 12.8 Å². The molecule has 1 aromatic heterocycles. The van der Waals surface area contributed by atoms with Crippen LogP contribution in [-0.2, 0) is 4.79 Å². The molecule has 6 heteroatoms. The summed E-state index contributed by atoms with van der Waals surface area (Å²) in [4.78, 5) is 29.3. The molecule has 0 aromatic carbocycles. The fraction of sp³-hybridized carbons (Fsp3) is 0.375. The molecule has 22 heavy (non-hydrogen) atoms. The Hall–Kier alpha value is -1.12. The van der Waals surface area contributed by atoms with Gasteiger partial charge in [0.15, 0.2) is 0 Å². The topological polar surface area (TPSA) is 55.2 Å². The second-order valence-corrected chi connectivity index (χ2v) is 5.68. The Labute approximate surface area is 153 Å². The number of amides is 1. The van der Waals surface area contributed by atoms with Crippen molar-refractivity contribution in [3.63, 3.8) is 0 Å². The van der Waals surface area contributed by atoms with Crippen LogP contribution in [0.25, 0.3) is 0 Å². The van der Waals surface area contributed by atoms with Gasteiger partial charge in [-0.25, -0.2) is 15.9 Å². The molecule has 1 fully saturated rings. The molecule has 0 saturated heterocycles. The van der Waals surface area contributed by atoms with E-state index in [1.54, 1.807) is 12.4 Å². The molecule has 5 nitrogen and oxygen atoms in total. The van der Waals surface area contributed by atoms with Gasteiger partial charge in [0.1, 0.15) is 12.6 Å². The monoisotopic (exact) mass is 521 g/mol. The van der Waals surface area contributed by atoms with Crippen LogP contribution >= 0.6 is 0 Å². The first-order valence-corrected chi connectivity index (χ1v) is 6.80. The van der Waals surface area contributed by atoms with Crippen molar-refractivity contribution in [2.75, 3.05) is 13.1 Å². The standard InChI is InChI=1S/C15H14N3O2.CH3.U/c19-9-15-3-1-11-2-5-17(8-12(11)13(15)7-15)14(20)18-6-4-16-10-18;;/h1,4,6,9-10,13H,2,5,7-8H2;1H3;/q2*-1;+2. The van der Waals surface area contributed by atoms with Crippen molar-refractivity contribution in [1.82, 2.24) is 14.5 Å². The predicted octanol–water partition coefficient (Wildman–Crippen LogP) is 1.88. The van der Waals surface area contributed by atoms with E-state index >= 15 is 0 Å². The van der Waals surface area contributed by atoms with Crippen LogP contribution < -0.4 is 0 Å². The zero-order valence-corrected chi connectivity index (χ0v) is 16.6. The molecule has 1 amide bonds. The SMILES string of the molecule is O=CC12[C-]=CC3=C(CN(C(=O)n4ccnc4)CC3)C1C2.[CH3-].[U+2]. The van der Waals surface area contributed by atoms with E-state index < -0.39 is 0 Å². The number of nitrogens with zero attached hydrogens (tertiary/aromatic N) is 3. The summed E-state index contributed by atoms with van der Waals surface area (Å²) in [6.45, 7) is 1.32. The third kappa shape index (κ3) is 2.53. The number of rotatable bonds is 1. The van der Waals surface area contributed by atoms with Crippen LogP contribution in [0, 0.1) is 55.9 Å². The first kappa shape index (κ1) is 17.2. The van der Waals surface area contributed by atoms with E-state index in [-0.39, 0.29) is 55.9 Å². The third-order valence-electron chi connectivity index (χ3n) is 4.57. The zero-order valence-electron chi connectivity index (χ0n) is 12.5. The van der Waals surface area contributed by atoms with E-state index in [1.165, 1.54) is 22.0 Å². The maximum Gasteiger partial charge on any atom is 2.00 e. The Morgan fingerprint density at radius 2 is 2.32 bits per heavy atom. The summed E-state index contributed by atoms with van der Waals surface area (Å²) >= 11 is 0. The van der Waals surface area contributed by atoms with Crippen LogP contribution in [0.15, 0.2) is 35.9 Å². The molecule has 2 heterocycles. The van der Waals surface area contributed by atoms with E-state index in [0.717, 1.165) is 19.1 Å². The summed E-state index contributed by atoms with van der Waals surface area (Å²) in [7, 11) is 0. The Bertz CT molecular complexity index is 650.